The van der Waals surface area contributed by atoms with Crippen molar-refractivity contribution < 1.29 is 14.3 Å². The zero-order valence-corrected chi connectivity index (χ0v) is 16.7. The van der Waals surface area contributed by atoms with Crippen LogP contribution in [0.1, 0.15) is 62.7 Å². The van der Waals surface area contributed by atoms with Crippen LogP contribution < -0.4 is 10.1 Å². The number of carbonyl (C=O) groups is 2. The largest absolute Gasteiger partial charge is 0.497 e. The summed E-state index contributed by atoms with van der Waals surface area (Å²) in [5, 5.41) is 2.99. The van der Waals surface area contributed by atoms with Gasteiger partial charge >= 0.3 is 0 Å². The van der Waals surface area contributed by atoms with Crippen molar-refractivity contribution in [2.24, 2.45) is 11.8 Å². The Balaban J connectivity index is 1.71. The first kappa shape index (κ1) is 19.7. The second-order valence-electron chi connectivity index (χ2n) is 8.21. The number of piperidine rings is 1. The number of nitrogens with one attached hydrogen (secondary N) is 1. The van der Waals surface area contributed by atoms with E-state index in [4.69, 9.17) is 4.74 Å². The number of fused-ring (bicyclic) bond motifs is 1. The Bertz CT molecular complexity index is 654. The molecule has 0 radical (unpaired) electrons. The van der Waals surface area contributed by atoms with Gasteiger partial charge in [-0.15, -0.1) is 0 Å². The molecule has 5 heteroatoms. The lowest BCUT2D eigenvalue weighted by Crippen LogP contribution is -2.57. The Labute approximate surface area is 162 Å². The number of nitrogens with zero attached hydrogens (tertiary/aromatic N) is 1. The number of likely N-dealkylation sites (tertiary alicyclic amines) is 1. The number of ether oxygens (including phenoxy) is 1. The van der Waals surface area contributed by atoms with Crippen molar-refractivity contribution in [1.29, 1.82) is 0 Å². The molecule has 3 rings (SSSR count). The van der Waals surface area contributed by atoms with Gasteiger partial charge in [0.1, 0.15) is 11.8 Å². The van der Waals surface area contributed by atoms with Gasteiger partial charge in [0.05, 0.1) is 7.11 Å². The summed E-state index contributed by atoms with van der Waals surface area (Å²) < 4.78 is 5.14. The van der Waals surface area contributed by atoms with Crippen LogP contribution in [-0.2, 0) is 4.79 Å². The highest BCUT2D eigenvalue weighted by atomic mass is 16.5. The van der Waals surface area contributed by atoms with Gasteiger partial charge in [-0.05, 0) is 61.8 Å². The third-order valence-corrected chi connectivity index (χ3v) is 6.10. The molecular weight excluding hydrogens is 340 g/mol. The van der Waals surface area contributed by atoms with Crippen molar-refractivity contribution in [2.75, 3.05) is 13.7 Å². The van der Waals surface area contributed by atoms with Gasteiger partial charge in [0.15, 0.2) is 0 Å². The molecule has 0 spiro atoms. The van der Waals surface area contributed by atoms with Crippen LogP contribution in [0.4, 0.5) is 0 Å². The Morgan fingerprint density at radius 1 is 1.07 bits per heavy atom. The van der Waals surface area contributed by atoms with Gasteiger partial charge in [-0.25, -0.2) is 0 Å². The highest BCUT2D eigenvalue weighted by Crippen LogP contribution is 2.35. The van der Waals surface area contributed by atoms with Crippen molar-refractivity contribution >= 4 is 11.8 Å². The average molecular weight is 373 g/mol. The minimum absolute atomic E-state index is 0.0451. The molecular formula is C22H32N2O3. The monoisotopic (exact) mass is 372 g/mol. The maximum absolute atomic E-state index is 13.4. The molecule has 0 aromatic heterocycles. The molecule has 1 saturated carbocycles. The zero-order chi connectivity index (χ0) is 19.4. The van der Waals surface area contributed by atoms with Crippen LogP contribution in [-0.4, -0.2) is 42.5 Å². The second kappa shape index (κ2) is 8.77. The SMILES string of the molecule is COc1ccc(C(=O)NC(C(=O)N2CCCC3CCCCC32)C(C)C)cc1. The molecule has 2 amide bonds. The fourth-order valence-corrected chi connectivity index (χ4v) is 4.56. The van der Waals surface area contributed by atoms with Gasteiger partial charge < -0.3 is 15.0 Å². The highest BCUT2D eigenvalue weighted by Gasteiger charge is 2.39. The minimum atomic E-state index is -0.486. The van der Waals surface area contributed by atoms with E-state index in [1.54, 1.807) is 31.4 Å². The smallest absolute Gasteiger partial charge is 0.251 e. The van der Waals surface area contributed by atoms with E-state index in [1.807, 2.05) is 13.8 Å². The Morgan fingerprint density at radius 2 is 1.74 bits per heavy atom. The number of rotatable bonds is 5. The van der Waals surface area contributed by atoms with Crippen molar-refractivity contribution in [1.82, 2.24) is 10.2 Å². The van der Waals surface area contributed by atoms with E-state index < -0.39 is 6.04 Å². The number of amides is 2. The Morgan fingerprint density at radius 3 is 2.41 bits per heavy atom. The molecule has 148 valence electrons. The van der Waals surface area contributed by atoms with E-state index in [0.29, 0.717) is 23.3 Å². The summed E-state index contributed by atoms with van der Waals surface area (Å²) in [4.78, 5) is 28.1. The normalized spacial score (nSPS) is 23.5. The lowest BCUT2D eigenvalue weighted by atomic mass is 9.78. The molecule has 1 aliphatic heterocycles. The van der Waals surface area contributed by atoms with Crippen LogP contribution in [0.25, 0.3) is 0 Å². The van der Waals surface area contributed by atoms with Crippen molar-refractivity contribution in [3.63, 3.8) is 0 Å². The van der Waals surface area contributed by atoms with Gasteiger partial charge in [0.25, 0.3) is 5.91 Å². The van der Waals surface area contributed by atoms with Crippen LogP contribution in [0.3, 0.4) is 0 Å². The van der Waals surface area contributed by atoms with Gasteiger partial charge in [0.2, 0.25) is 5.91 Å². The summed E-state index contributed by atoms with van der Waals surface area (Å²) in [5.74, 6) is 1.27. The van der Waals surface area contributed by atoms with Gasteiger partial charge in [0, 0.05) is 18.2 Å². The molecule has 5 nitrogen and oxygen atoms in total. The molecule has 2 fully saturated rings. The third kappa shape index (κ3) is 4.45. The molecule has 1 heterocycles. The molecule has 1 aromatic carbocycles. The van der Waals surface area contributed by atoms with Crippen LogP contribution in [0.2, 0.25) is 0 Å². The van der Waals surface area contributed by atoms with Crippen LogP contribution >= 0.6 is 0 Å². The highest BCUT2D eigenvalue weighted by molar-refractivity contribution is 5.97. The first-order chi connectivity index (χ1) is 13.0. The Kier molecular flexibility index (Phi) is 6.40. The van der Waals surface area contributed by atoms with Gasteiger partial charge in [-0.3, -0.25) is 9.59 Å². The summed E-state index contributed by atoms with van der Waals surface area (Å²) in [7, 11) is 1.60. The fourth-order valence-electron chi connectivity index (χ4n) is 4.56. The predicted octanol–water partition coefficient (Wildman–Crippen LogP) is 3.63. The lowest BCUT2D eigenvalue weighted by Gasteiger charge is -2.45. The van der Waals surface area contributed by atoms with Crippen molar-refractivity contribution in [3.8, 4) is 5.75 Å². The lowest BCUT2D eigenvalue weighted by molar-refractivity contribution is -0.140. The van der Waals surface area contributed by atoms with E-state index in [0.717, 1.165) is 19.4 Å². The van der Waals surface area contributed by atoms with E-state index in [9.17, 15) is 9.59 Å². The first-order valence-electron chi connectivity index (χ1n) is 10.3. The molecule has 0 bridgehead atoms. The topological polar surface area (TPSA) is 58.6 Å². The summed E-state index contributed by atoms with van der Waals surface area (Å²) in [6, 6.07) is 6.86. The maximum Gasteiger partial charge on any atom is 0.251 e. The molecule has 3 unspecified atom stereocenters. The molecule has 1 aromatic rings. The molecule has 1 aliphatic carbocycles. The standard InChI is InChI=1S/C22H32N2O3/c1-15(2)20(23-21(25)17-10-12-18(27-3)13-11-17)22(26)24-14-6-8-16-7-4-5-9-19(16)24/h10-13,15-16,19-20H,4-9,14H2,1-3H3,(H,23,25). The zero-order valence-electron chi connectivity index (χ0n) is 16.7. The van der Waals surface area contributed by atoms with E-state index in [-0.39, 0.29) is 17.7 Å². The quantitative estimate of drug-likeness (QED) is 0.859. The number of hydrogen-bond donors (Lipinski definition) is 1. The minimum Gasteiger partial charge on any atom is -0.497 e. The maximum atomic E-state index is 13.4. The molecule has 2 aliphatic rings. The molecule has 27 heavy (non-hydrogen) atoms. The van der Waals surface area contributed by atoms with E-state index >= 15 is 0 Å². The summed E-state index contributed by atoms with van der Waals surface area (Å²) >= 11 is 0. The molecule has 1 saturated heterocycles. The number of benzene rings is 1. The van der Waals surface area contributed by atoms with E-state index in [2.05, 4.69) is 10.2 Å². The molecule has 1 N–H and O–H groups in total. The summed E-state index contributed by atoms with van der Waals surface area (Å²) in [6.07, 6.45) is 7.14. The van der Waals surface area contributed by atoms with Gasteiger partial charge in [-0.2, -0.15) is 0 Å². The number of carbonyl (C=O) groups excluding carboxylic acids is 2. The average Bonchev–Trinajstić information content (AvgIpc) is 2.70. The van der Waals surface area contributed by atoms with Crippen molar-refractivity contribution in [2.45, 2.75) is 64.5 Å². The molecule has 3 atom stereocenters. The van der Waals surface area contributed by atoms with Crippen LogP contribution in [0.15, 0.2) is 24.3 Å². The Hall–Kier alpha value is -2.04. The third-order valence-electron chi connectivity index (χ3n) is 6.10. The number of methoxy groups -OCH3 is 1. The first-order valence-corrected chi connectivity index (χ1v) is 10.3. The van der Waals surface area contributed by atoms with Crippen molar-refractivity contribution in [3.05, 3.63) is 29.8 Å². The second-order valence-corrected chi connectivity index (χ2v) is 8.21. The van der Waals surface area contributed by atoms with E-state index in [1.165, 1.54) is 25.7 Å². The van der Waals surface area contributed by atoms with Crippen LogP contribution in [0.5, 0.6) is 5.75 Å². The summed E-state index contributed by atoms with van der Waals surface area (Å²) in [6.45, 7) is 4.82. The summed E-state index contributed by atoms with van der Waals surface area (Å²) in [5.41, 5.74) is 0.545. The van der Waals surface area contributed by atoms with Crippen LogP contribution in [0, 0.1) is 11.8 Å². The predicted molar refractivity (Wildman–Crippen MR) is 106 cm³/mol. The number of hydrogen-bond acceptors (Lipinski definition) is 3. The fraction of sp³-hybridized carbons (Fsp3) is 0.636. The van der Waals surface area contributed by atoms with Gasteiger partial charge in [-0.1, -0.05) is 26.7 Å².